The van der Waals surface area contributed by atoms with E-state index in [1.165, 1.54) is 5.69 Å². The second kappa shape index (κ2) is 3.94. The Morgan fingerprint density at radius 2 is 2.33 bits per heavy atom. The lowest BCUT2D eigenvalue weighted by molar-refractivity contribution is 0.676. The molecule has 0 fully saturated rings. The van der Waals surface area contributed by atoms with Crippen LogP contribution in [-0.4, -0.2) is 15.2 Å². The van der Waals surface area contributed by atoms with Gasteiger partial charge in [-0.2, -0.15) is 5.10 Å². The molecule has 0 saturated carbocycles. The number of alkyl halides is 1. The topological polar surface area (TPSA) is 17.8 Å². The molecule has 1 aromatic heterocycles. The minimum absolute atomic E-state index is 0.236. The van der Waals surface area contributed by atoms with Crippen LogP contribution < -0.4 is 0 Å². The summed E-state index contributed by atoms with van der Waals surface area (Å²) in [4.78, 5) is 0. The van der Waals surface area contributed by atoms with Crippen LogP contribution in [0.2, 0.25) is 0 Å². The first kappa shape index (κ1) is 9.59. The molecule has 12 heavy (non-hydrogen) atoms. The van der Waals surface area contributed by atoms with Gasteiger partial charge in [-0.05, 0) is 19.4 Å². The molecule has 1 aromatic rings. The minimum Gasteiger partial charge on any atom is -0.272 e. The third-order valence-corrected chi connectivity index (χ3v) is 2.44. The SMILES string of the molecule is CCC(Cl)Cc1cc(C)nn1C. The van der Waals surface area contributed by atoms with E-state index in [2.05, 4.69) is 18.1 Å². The standard InChI is InChI=1S/C9H15ClN2/c1-4-8(10)6-9-5-7(2)11-12(9)3/h5,8H,4,6H2,1-3H3. The number of hydrogen-bond acceptors (Lipinski definition) is 1. The molecule has 0 N–H and O–H groups in total. The largest absolute Gasteiger partial charge is 0.272 e. The van der Waals surface area contributed by atoms with Crippen LogP contribution in [0, 0.1) is 6.92 Å². The summed E-state index contributed by atoms with van der Waals surface area (Å²) in [5.74, 6) is 0. The van der Waals surface area contributed by atoms with Crippen LogP contribution in [0.3, 0.4) is 0 Å². The van der Waals surface area contributed by atoms with Crippen LogP contribution in [0.15, 0.2) is 6.07 Å². The predicted octanol–water partition coefficient (Wildman–Crippen LogP) is 2.29. The molecule has 0 aliphatic rings. The van der Waals surface area contributed by atoms with Crippen molar-refractivity contribution in [3.63, 3.8) is 0 Å². The highest BCUT2D eigenvalue weighted by atomic mass is 35.5. The average Bonchev–Trinajstić information content (AvgIpc) is 2.30. The Morgan fingerprint density at radius 1 is 1.67 bits per heavy atom. The van der Waals surface area contributed by atoms with Gasteiger partial charge < -0.3 is 0 Å². The molecule has 0 bridgehead atoms. The molecule has 0 aromatic carbocycles. The molecule has 3 heteroatoms. The smallest absolute Gasteiger partial charge is 0.0596 e. The molecule has 0 aliphatic carbocycles. The van der Waals surface area contributed by atoms with Gasteiger partial charge >= 0.3 is 0 Å². The summed E-state index contributed by atoms with van der Waals surface area (Å²) < 4.78 is 1.90. The Hall–Kier alpha value is -0.500. The molecule has 0 aliphatic heterocycles. The molecule has 1 rings (SSSR count). The number of nitrogens with zero attached hydrogens (tertiary/aromatic N) is 2. The predicted molar refractivity (Wildman–Crippen MR) is 51.6 cm³/mol. The first-order valence-corrected chi connectivity index (χ1v) is 4.70. The van der Waals surface area contributed by atoms with Crippen molar-refractivity contribution in [2.45, 2.75) is 32.1 Å². The zero-order valence-electron chi connectivity index (χ0n) is 7.84. The summed E-state index contributed by atoms with van der Waals surface area (Å²) in [7, 11) is 1.96. The Kier molecular flexibility index (Phi) is 3.15. The third kappa shape index (κ3) is 2.24. The van der Waals surface area contributed by atoms with E-state index >= 15 is 0 Å². The Balaban J connectivity index is 2.68. The highest BCUT2D eigenvalue weighted by Gasteiger charge is 2.07. The molecule has 2 nitrogen and oxygen atoms in total. The number of rotatable bonds is 3. The zero-order valence-corrected chi connectivity index (χ0v) is 8.60. The first-order valence-electron chi connectivity index (χ1n) is 4.27. The van der Waals surface area contributed by atoms with E-state index < -0.39 is 0 Å². The van der Waals surface area contributed by atoms with Crippen LogP contribution in [0.4, 0.5) is 0 Å². The van der Waals surface area contributed by atoms with E-state index in [0.717, 1.165) is 18.5 Å². The molecule has 0 amide bonds. The van der Waals surface area contributed by atoms with Gasteiger partial charge in [-0.3, -0.25) is 4.68 Å². The van der Waals surface area contributed by atoms with Crippen molar-refractivity contribution in [3.8, 4) is 0 Å². The maximum Gasteiger partial charge on any atom is 0.0596 e. The number of aryl methyl sites for hydroxylation is 2. The third-order valence-electron chi connectivity index (χ3n) is 1.97. The Bertz CT molecular complexity index is 255. The monoisotopic (exact) mass is 186 g/mol. The number of hydrogen-bond donors (Lipinski definition) is 0. The van der Waals surface area contributed by atoms with Gasteiger partial charge in [0.25, 0.3) is 0 Å². The average molecular weight is 187 g/mol. The van der Waals surface area contributed by atoms with Crippen LogP contribution >= 0.6 is 11.6 Å². The van der Waals surface area contributed by atoms with Gasteiger partial charge in [0.15, 0.2) is 0 Å². The second-order valence-electron chi connectivity index (χ2n) is 3.11. The molecule has 0 spiro atoms. The summed E-state index contributed by atoms with van der Waals surface area (Å²) in [6.07, 6.45) is 1.92. The summed E-state index contributed by atoms with van der Waals surface area (Å²) in [6, 6.07) is 2.09. The highest BCUT2D eigenvalue weighted by molar-refractivity contribution is 6.20. The van der Waals surface area contributed by atoms with Crippen LogP contribution in [0.25, 0.3) is 0 Å². The van der Waals surface area contributed by atoms with E-state index in [1.54, 1.807) is 0 Å². The summed E-state index contributed by atoms with van der Waals surface area (Å²) >= 11 is 6.04. The molecular formula is C9H15ClN2. The van der Waals surface area contributed by atoms with Crippen molar-refractivity contribution in [1.29, 1.82) is 0 Å². The van der Waals surface area contributed by atoms with E-state index in [1.807, 2.05) is 18.7 Å². The zero-order chi connectivity index (χ0) is 9.14. The van der Waals surface area contributed by atoms with Crippen LogP contribution in [0.1, 0.15) is 24.7 Å². The maximum atomic E-state index is 6.04. The van der Waals surface area contributed by atoms with Gasteiger partial charge in [-0.25, -0.2) is 0 Å². The van der Waals surface area contributed by atoms with E-state index in [4.69, 9.17) is 11.6 Å². The molecule has 1 unspecified atom stereocenters. The molecule has 68 valence electrons. The molecule has 0 radical (unpaired) electrons. The Labute approximate surface area is 78.5 Å². The maximum absolute atomic E-state index is 6.04. The molecule has 0 saturated heterocycles. The number of aromatic nitrogens is 2. The van der Waals surface area contributed by atoms with Gasteiger partial charge in [-0.15, -0.1) is 11.6 Å². The fraction of sp³-hybridized carbons (Fsp3) is 0.667. The quantitative estimate of drug-likeness (QED) is 0.663. The van der Waals surface area contributed by atoms with Crippen molar-refractivity contribution >= 4 is 11.6 Å². The fourth-order valence-electron chi connectivity index (χ4n) is 1.23. The highest BCUT2D eigenvalue weighted by Crippen LogP contribution is 2.11. The Morgan fingerprint density at radius 3 is 2.75 bits per heavy atom. The van der Waals surface area contributed by atoms with E-state index in [-0.39, 0.29) is 5.38 Å². The van der Waals surface area contributed by atoms with Crippen molar-refractivity contribution in [3.05, 3.63) is 17.5 Å². The molecule has 1 heterocycles. The lowest BCUT2D eigenvalue weighted by Crippen LogP contribution is -2.06. The summed E-state index contributed by atoms with van der Waals surface area (Å²) in [5.41, 5.74) is 2.28. The van der Waals surface area contributed by atoms with E-state index in [0.29, 0.717) is 0 Å². The first-order chi connectivity index (χ1) is 5.63. The van der Waals surface area contributed by atoms with Gasteiger partial charge in [0.1, 0.15) is 0 Å². The second-order valence-corrected chi connectivity index (χ2v) is 3.73. The van der Waals surface area contributed by atoms with E-state index in [9.17, 15) is 0 Å². The van der Waals surface area contributed by atoms with Crippen molar-refractivity contribution in [2.75, 3.05) is 0 Å². The lowest BCUT2D eigenvalue weighted by atomic mass is 10.2. The molecular weight excluding hydrogens is 172 g/mol. The normalized spacial score (nSPS) is 13.3. The van der Waals surface area contributed by atoms with Crippen LogP contribution in [-0.2, 0) is 13.5 Å². The van der Waals surface area contributed by atoms with Gasteiger partial charge in [0.2, 0.25) is 0 Å². The van der Waals surface area contributed by atoms with Gasteiger partial charge in [0, 0.05) is 24.5 Å². The fourth-order valence-corrected chi connectivity index (χ4v) is 1.38. The van der Waals surface area contributed by atoms with Crippen molar-refractivity contribution < 1.29 is 0 Å². The minimum atomic E-state index is 0.236. The van der Waals surface area contributed by atoms with Gasteiger partial charge in [0.05, 0.1) is 5.69 Å². The summed E-state index contributed by atoms with van der Waals surface area (Å²) in [5, 5.41) is 4.49. The molecule has 1 atom stereocenters. The lowest BCUT2D eigenvalue weighted by Gasteiger charge is -2.05. The van der Waals surface area contributed by atoms with Gasteiger partial charge in [-0.1, -0.05) is 6.92 Å². The summed E-state index contributed by atoms with van der Waals surface area (Å²) in [6.45, 7) is 4.10. The number of halogens is 1. The van der Waals surface area contributed by atoms with Crippen LogP contribution in [0.5, 0.6) is 0 Å². The van der Waals surface area contributed by atoms with Crippen molar-refractivity contribution in [1.82, 2.24) is 9.78 Å². The van der Waals surface area contributed by atoms with Crippen molar-refractivity contribution in [2.24, 2.45) is 7.05 Å².